The smallest absolute Gasteiger partial charge is 0.413 e. The van der Waals surface area contributed by atoms with Crippen molar-refractivity contribution in [2.45, 2.75) is 31.2 Å². The first-order valence-corrected chi connectivity index (χ1v) is 9.26. The Kier molecular flexibility index (Phi) is 6.35. The third-order valence-corrected chi connectivity index (χ3v) is 4.48. The minimum Gasteiger partial charge on any atom is -0.444 e. The Hall–Kier alpha value is -1.73. The molecule has 2 aromatic rings. The molecule has 2 rings (SSSR count). The number of anilines is 1. The molecule has 5 nitrogen and oxygen atoms in total. The van der Waals surface area contributed by atoms with Gasteiger partial charge in [-0.05, 0) is 50.6 Å². The average Bonchev–Trinajstić information content (AvgIpc) is 2.52. The summed E-state index contributed by atoms with van der Waals surface area (Å²) < 4.78 is 6.03. The van der Waals surface area contributed by atoms with Crippen LogP contribution in [0.15, 0.2) is 47.1 Å². The molecule has 7 heteroatoms. The standard InChI is InChI=1S/C18H18Br2N2O3/c1-18(2,3)25-17(24)22-14-10-11(7-8-21-14)15(20)16(23)12-5-4-6-13(19)9-12/h4-10,15H,1-3H3,(H,21,22,24). The van der Waals surface area contributed by atoms with Crippen LogP contribution >= 0.6 is 31.9 Å². The van der Waals surface area contributed by atoms with Gasteiger partial charge in [-0.25, -0.2) is 9.78 Å². The zero-order chi connectivity index (χ0) is 18.6. The fraction of sp³-hybridized carbons (Fsp3) is 0.278. The molecular weight excluding hydrogens is 452 g/mol. The van der Waals surface area contributed by atoms with Crippen LogP contribution < -0.4 is 5.32 Å². The lowest BCUT2D eigenvalue weighted by molar-refractivity contribution is 0.0635. The summed E-state index contributed by atoms with van der Waals surface area (Å²) in [5, 5.41) is 2.57. The number of ketones is 1. The van der Waals surface area contributed by atoms with Gasteiger partial charge in [0.2, 0.25) is 0 Å². The van der Waals surface area contributed by atoms with Crippen LogP contribution in [0.4, 0.5) is 10.6 Å². The number of hydrogen-bond acceptors (Lipinski definition) is 4. The Morgan fingerprint density at radius 3 is 2.56 bits per heavy atom. The number of halogens is 2. The molecule has 0 aliphatic rings. The molecule has 1 aromatic heterocycles. The number of benzene rings is 1. The second-order valence-electron chi connectivity index (χ2n) is 6.34. The van der Waals surface area contributed by atoms with Crippen molar-refractivity contribution in [1.29, 1.82) is 0 Å². The number of Topliss-reactive ketones (excluding diaryl/α,β-unsaturated/α-hetero) is 1. The molecule has 0 aliphatic carbocycles. The lowest BCUT2D eigenvalue weighted by atomic mass is 10.0. The third-order valence-electron chi connectivity index (χ3n) is 3.04. The Balaban J connectivity index is 2.14. The summed E-state index contributed by atoms with van der Waals surface area (Å²) in [4.78, 5) is 28.0. The van der Waals surface area contributed by atoms with Crippen molar-refractivity contribution in [3.63, 3.8) is 0 Å². The van der Waals surface area contributed by atoms with Gasteiger partial charge in [0, 0.05) is 16.2 Å². The van der Waals surface area contributed by atoms with Gasteiger partial charge in [0.05, 0.1) is 0 Å². The third kappa shape index (κ3) is 5.93. The monoisotopic (exact) mass is 468 g/mol. The molecular formula is C18H18Br2N2O3. The molecule has 132 valence electrons. The van der Waals surface area contributed by atoms with Crippen molar-refractivity contribution in [2.24, 2.45) is 0 Å². The number of carbonyl (C=O) groups excluding carboxylic acids is 2. The van der Waals surface area contributed by atoms with Gasteiger partial charge in [-0.2, -0.15) is 0 Å². The zero-order valence-electron chi connectivity index (χ0n) is 14.0. The maximum Gasteiger partial charge on any atom is 0.413 e. The van der Waals surface area contributed by atoms with E-state index in [1.807, 2.05) is 6.07 Å². The second kappa shape index (κ2) is 8.10. The van der Waals surface area contributed by atoms with Crippen LogP contribution in [-0.4, -0.2) is 22.5 Å². The highest BCUT2D eigenvalue weighted by molar-refractivity contribution is 9.10. The number of pyridine rings is 1. The molecule has 0 spiro atoms. The van der Waals surface area contributed by atoms with Gasteiger partial charge in [0.1, 0.15) is 16.2 Å². The van der Waals surface area contributed by atoms with Crippen LogP contribution in [0.1, 0.15) is 41.5 Å². The van der Waals surface area contributed by atoms with Crippen LogP contribution in [-0.2, 0) is 4.74 Å². The molecule has 25 heavy (non-hydrogen) atoms. The van der Waals surface area contributed by atoms with E-state index in [2.05, 4.69) is 42.2 Å². The number of amides is 1. The molecule has 0 saturated carbocycles. The van der Waals surface area contributed by atoms with Gasteiger partial charge >= 0.3 is 6.09 Å². The van der Waals surface area contributed by atoms with Crippen LogP contribution in [0.25, 0.3) is 0 Å². The number of nitrogens with zero attached hydrogens (tertiary/aromatic N) is 1. The Morgan fingerprint density at radius 2 is 1.92 bits per heavy atom. The molecule has 1 heterocycles. The number of alkyl halides is 1. The van der Waals surface area contributed by atoms with E-state index >= 15 is 0 Å². The van der Waals surface area contributed by atoms with E-state index in [1.54, 1.807) is 51.1 Å². The van der Waals surface area contributed by atoms with Crippen LogP contribution in [0.2, 0.25) is 0 Å². The van der Waals surface area contributed by atoms with Gasteiger partial charge in [0.15, 0.2) is 5.78 Å². The predicted octanol–water partition coefficient (Wildman–Crippen LogP) is 5.51. The molecule has 1 N–H and O–H groups in total. The van der Waals surface area contributed by atoms with Gasteiger partial charge in [-0.3, -0.25) is 10.1 Å². The second-order valence-corrected chi connectivity index (χ2v) is 8.17. The van der Waals surface area contributed by atoms with Crippen molar-refractivity contribution < 1.29 is 14.3 Å². The Bertz CT molecular complexity index is 788. The number of aromatic nitrogens is 1. The van der Waals surface area contributed by atoms with Crippen LogP contribution in [0.3, 0.4) is 0 Å². The normalized spacial score (nSPS) is 12.4. The van der Waals surface area contributed by atoms with E-state index in [0.717, 1.165) is 4.47 Å². The van der Waals surface area contributed by atoms with E-state index in [9.17, 15) is 9.59 Å². The first-order valence-electron chi connectivity index (χ1n) is 7.55. The van der Waals surface area contributed by atoms with E-state index in [0.29, 0.717) is 16.9 Å². The van der Waals surface area contributed by atoms with Crippen LogP contribution in [0.5, 0.6) is 0 Å². The molecule has 1 amide bonds. The highest BCUT2D eigenvalue weighted by Gasteiger charge is 2.21. The maximum absolute atomic E-state index is 12.6. The Labute approximate surface area is 163 Å². The number of ether oxygens (including phenoxy) is 1. The van der Waals surface area contributed by atoms with Crippen molar-refractivity contribution in [3.05, 3.63) is 58.2 Å². The first-order chi connectivity index (χ1) is 11.7. The molecule has 0 bridgehead atoms. The molecule has 0 radical (unpaired) electrons. The van der Waals surface area contributed by atoms with E-state index in [1.165, 1.54) is 6.20 Å². The quantitative estimate of drug-likeness (QED) is 0.473. The van der Waals surface area contributed by atoms with E-state index in [4.69, 9.17) is 4.74 Å². The lowest BCUT2D eigenvalue weighted by Gasteiger charge is -2.19. The summed E-state index contributed by atoms with van der Waals surface area (Å²) in [6.45, 7) is 5.34. The lowest BCUT2D eigenvalue weighted by Crippen LogP contribution is -2.27. The van der Waals surface area contributed by atoms with E-state index < -0.39 is 16.5 Å². The SMILES string of the molecule is CC(C)(C)OC(=O)Nc1cc(C(Br)C(=O)c2cccc(Br)c2)ccn1. The largest absolute Gasteiger partial charge is 0.444 e. The maximum atomic E-state index is 12.6. The van der Waals surface area contributed by atoms with Gasteiger partial charge in [0.25, 0.3) is 0 Å². The topological polar surface area (TPSA) is 68.3 Å². The number of carbonyl (C=O) groups is 2. The van der Waals surface area contributed by atoms with E-state index in [-0.39, 0.29) is 5.78 Å². The number of rotatable bonds is 4. The van der Waals surface area contributed by atoms with Crippen LogP contribution in [0, 0.1) is 0 Å². The van der Waals surface area contributed by atoms with Crippen molar-refractivity contribution in [1.82, 2.24) is 4.98 Å². The molecule has 0 fully saturated rings. The first kappa shape index (κ1) is 19.6. The zero-order valence-corrected chi connectivity index (χ0v) is 17.2. The minimum atomic E-state index is -0.601. The van der Waals surface area contributed by atoms with Crippen molar-refractivity contribution in [3.8, 4) is 0 Å². The molecule has 1 aromatic carbocycles. The fourth-order valence-electron chi connectivity index (χ4n) is 2.02. The van der Waals surface area contributed by atoms with Gasteiger partial charge in [-0.15, -0.1) is 0 Å². The molecule has 1 atom stereocenters. The number of nitrogens with one attached hydrogen (secondary N) is 1. The summed E-state index contributed by atoms with van der Waals surface area (Å²) >= 11 is 6.78. The summed E-state index contributed by atoms with van der Waals surface area (Å²) in [7, 11) is 0. The summed E-state index contributed by atoms with van der Waals surface area (Å²) in [6, 6.07) is 10.5. The van der Waals surface area contributed by atoms with Crippen molar-refractivity contribution >= 4 is 49.6 Å². The summed E-state index contributed by atoms with van der Waals surface area (Å²) in [6.07, 6.45) is 0.936. The summed E-state index contributed by atoms with van der Waals surface area (Å²) in [5.74, 6) is 0.231. The number of hydrogen-bond donors (Lipinski definition) is 1. The molecule has 0 saturated heterocycles. The fourth-order valence-corrected chi connectivity index (χ4v) is 2.97. The van der Waals surface area contributed by atoms with Gasteiger partial charge in [-0.1, -0.05) is 44.0 Å². The molecule has 1 unspecified atom stereocenters. The predicted molar refractivity (Wildman–Crippen MR) is 104 cm³/mol. The van der Waals surface area contributed by atoms with Crippen molar-refractivity contribution in [2.75, 3.05) is 5.32 Å². The average molecular weight is 470 g/mol. The van der Waals surface area contributed by atoms with Gasteiger partial charge < -0.3 is 4.74 Å². The molecule has 0 aliphatic heterocycles. The highest BCUT2D eigenvalue weighted by Crippen LogP contribution is 2.29. The summed E-state index contributed by atoms with van der Waals surface area (Å²) in [5.41, 5.74) is 0.664. The Morgan fingerprint density at radius 1 is 1.20 bits per heavy atom. The minimum absolute atomic E-state index is 0.0873. The highest BCUT2D eigenvalue weighted by atomic mass is 79.9.